The van der Waals surface area contributed by atoms with Crippen molar-refractivity contribution in [3.63, 3.8) is 0 Å². The van der Waals surface area contributed by atoms with E-state index in [0.29, 0.717) is 62.8 Å². The number of hydrogen-bond donors (Lipinski definition) is 3. The Balaban J connectivity index is 1.23. The molecule has 0 radical (unpaired) electrons. The van der Waals surface area contributed by atoms with E-state index in [-0.39, 0.29) is 5.75 Å². The van der Waals surface area contributed by atoms with Crippen LogP contribution in [0.2, 0.25) is 0 Å². The first-order valence-electron chi connectivity index (χ1n) is 13.1. The van der Waals surface area contributed by atoms with Gasteiger partial charge in [-0.3, -0.25) is 20.0 Å². The van der Waals surface area contributed by atoms with Gasteiger partial charge in [0.25, 0.3) is 0 Å². The summed E-state index contributed by atoms with van der Waals surface area (Å²) in [7, 11) is 0. The molecule has 0 amide bonds. The molecule has 0 atom stereocenters. The number of rotatable bonds is 7. The number of likely N-dealkylation sites (tertiary alicyclic amines) is 1. The number of hydrogen-bond acceptors (Lipinski definition) is 8. The van der Waals surface area contributed by atoms with E-state index in [1.165, 1.54) is 31.2 Å². The fraction of sp³-hybridized carbons (Fsp3) is 0.207. The highest BCUT2D eigenvalue weighted by molar-refractivity contribution is 5.96. The number of pyridine rings is 3. The molecule has 0 saturated carbocycles. The average molecular weight is 537 g/mol. The van der Waals surface area contributed by atoms with Gasteiger partial charge in [-0.2, -0.15) is 5.10 Å². The molecule has 40 heavy (non-hydrogen) atoms. The third kappa shape index (κ3) is 4.60. The highest BCUT2D eigenvalue weighted by atomic mass is 19.1. The Labute approximate surface area is 227 Å². The standard InChI is InChI=1S/C29H25FN8O2/c30-19-9-17(11-21(12-19)40-8-7-38-5-1-2-6-38)22-15-32-16-25-26(22)35-29(34-25)28-27-24(36-37-28)4-3-23(33-27)18-10-20(39)14-31-13-18/h3-4,9-16,39H,1-2,5-8H2,(H,34,35)(H,36,37). The lowest BCUT2D eigenvalue weighted by atomic mass is 10.1. The molecule has 0 aliphatic carbocycles. The van der Waals surface area contributed by atoms with Crippen molar-refractivity contribution in [1.29, 1.82) is 0 Å². The molecule has 6 aromatic rings. The monoisotopic (exact) mass is 536 g/mol. The lowest BCUT2D eigenvalue weighted by Crippen LogP contribution is -2.25. The van der Waals surface area contributed by atoms with E-state index in [1.54, 1.807) is 24.7 Å². The topological polar surface area (TPSA) is 129 Å². The fourth-order valence-electron chi connectivity index (χ4n) is 5.15. The normalized spacial score (nSPS) is 13.9. The van der Waals surface area contributed by atoms with Gasteiger partial charge in [0.05, 0.1) is 34.6 Å². The van der Waals surface area contributed by atoms with Crippen molar-refractivity contribution in [3.05, 3.63) is 67.0 Å². The van der Waals surface area contributed by atoms with Gasteiger partial charge >= 0.3 is 0 Å². The predicted octanol–water partition coefficient (Wildman–Crippen LogP) is 4.94. The number of benzene rings is 1. The molecule has 1 aromatic carbocycles. The van der Waals surface area contributed by atoms with E-state index in [0.717, 1.165) is 25.2 Å². The van der Waals surface area contributed by atoms with Gasteiger partial charge in [-0.1, -0.05) is 0 Å². The molecule has 6 heterocycles. The summed E-state index contributed by atoms with van der Waals surface area (Å²) in [5.74, 6) is 0.630. The highest BCUT2D eigenvalue weighted by Crippen LogP contribution is 2.33. The van der Waals surface area contributed by atoms with E-state index in [9.17, 15) is 9.50 Å². The first-order valence-corrected chi connectivity index (χ1v) is 13.1. The lowest BCUT2D eigenvalue weighted by molar-refractivity contribution is 0.237. The Kier molecular flexibility index (Phi) is 6.05. The minimum atomic E-state index is -0.391. The first kappa shape index (κ1) is 24.2. The van der Waals surface area contributed by atoms with Crippen molar-refractivity contribution >= 4 is 22.1 Å². The van der Waals surface area contributed by atoms with Crippen LogP contribution in [-0.4, -0.2) is 71.4 Å². The molecule has 200 valence electrons. The van der Waals surface area contributed by atoms with Crippen LogP contribution >= 0.6 is 0 Å². The van der Waals surface area contributed by atoms with Gasteiger partial charge < -0.3 is 14.8 Å². The Morgan fingerprint density at radius 2 is 1.77 bits per heavy atom. The quantitative estimate of drug-likeness (QED) is 0.262. The predicted molar refractivity (Wildman–Crippen MR) is 148 cm³/mol. The van der Waals surface area contributed by atoms with Crippen molar-refractivity contribution in [3.8, 4) is 45.4 Å². The minimum absolute atomic E-state index is 0.0571. The molecule has 0 spiro atoms. The average Bonchev–Trinajstić information content (AvgIpc) is 3.72. The van der Waals surface area contributed by atoms with Gasteiger partial charge in [0.15, 0.2) is 11.5 Å². The second-order valence-corrected chi connectivity index (χ2v) is 9.84. The minimum Gasteiger partial charge on any atom is -0.506 e. The van der Waals surface area contributed by atoms with Gasteiger partial charge in [-0.25, -0.2) is 14.4 Å². The molecule has 11 heteroatoms. The number of fused-ring (bicyclic) bond motifs is 2. The largest absolute Gasteiger partial charge is 0.506 e. The summed E-state index contributed by atoms with van der Waals surface area (Å²) in [6, 6.07) is 9.97. The number of imidazole rings is 1. The molecule has 7 rings (SSSR count). The summed E-state index contributed by atoms with van der Waals surface area (Å²) in [5.41, 5.74) is 5.77. The Morgan fingerprint density at radius 3 is 2.65 bits per heavy atom. The van der Waals surface area contributed by atoms with Crippen molar-refractivity contribution in [2.75, 3.05) is 26.2 Å². The van der Waals surface area contributed by atoms with Gasteiger partial charge in [0, 0.05) is 36.1 Å². The molecule has 5 aromatic heterocycles. The Hall–Kier alpha value is -4.90. The third-order valence-corrected chi connectivity index (χ3v) is 7.10. The zero-order valence-electron chi connectivity index (χ0n) is 21.4. The van der Waals surface area contributed by atoms with E-state index >= 15 is 0 Å². The number of H-pyrrole nitrogens is 2. The van der Waals surface area contributed by atoms with Crippen molar-refractivity contribution in [2.45, 2.75) is 12.8 Å². The molecule has 3 N–H and O–H groups in total. The summed E-state index contributed by atoms with van der Waals surface area (Å²) >= 11 is 0. The molecule has 1 aliphatic rings. The van der Waals surface area contributed by atoms with Crippen molar-refractivity contribution < 1.29 is 14.2 Å². The molecule has 0 bridgehead atoms. The van der Waals surface area contributed by atoms with Gasteiger partial charge in [0.1, 0.15) is 29.4 Å². The van der Waals surface area contributed by atoms with Crippen LogP contribution in [0.3, 0.4) is 0 Å². The number of nitrogens with one attached hydrogen (secondary N) is 2. The van der Waals surface area contributed by atoms with Crippen LogP contribution in [0.5, 0.6) is 11.5 Å². The van der Waals surface area contributed by atoms with Gasteiger partial charge in [-0.15, -0.1) is 0 Å². The molecule has 0 unspecified atom stereocenters. The number of halogens is 1. The summed E-state index contributed by atoms with van der Waals surface area (Å²) in [6.45, 7) is 3.49. The van der Waals surface area contributed by atoms with Crippen LogP contribution in [0, 0.1) is 5.82 Å². The summed E-state index contributed by atoms with van der Waals surface area (Å²) < 4.78 is 20.6. The molecular formula is C29H25FN8O2. The van der Waals surface area contributed by atoms with E-state index in [2.05, 4.69) is 30.0 Å². The molecule has 10 nitrogen and oxygen atoms in total. The number of ether oxygens (including phenoxy) is 1. The van der Waals surface area contributed by atoms with Gasteiger partial charge in [-0.05, 0) is 61.8 Å². The number of aromatic nitrogens is 7. The second-order valence-electron chi connectivity index (χ2n) is 9.84. The SMILES string of the molecule is Oc1cncc(-c2ccc3[nH]nc(-c4nc5c(-c6cc(F)cc(OCCN7CCCC7)c6)cncc5[nH]4)c3n2)c1. The third-order valence-electron chi connectivity index (χ3n) is 7.10. The number of aromatic amines is 2. The first-order chi connectivity index (χ1) is 19.6. The van der Waals surface area contributed by atoms with E-state index in [4.69, 9.17) is 14.7 Å². The van der Waals surface area contributed by atoms with Crippen LogP contribution in [-0.2, 0) is 0 Å². The smallest absolute Gasteiger partial charge is 0.161 e. The van der Waals surface area contributed by atoms with Gasteiger partial charge in [0.2, 0.25) is 0 Å². The van der Waals surface area contributed by atoms with Crippen molar-refractivity contribution in [1.82, 2.24) is 40.0 Å². The molecule has 1 aliphatic heterocycles. The van der Waals surface area contributed by atoms with E-state index < -0.39 is 5.82 Å². The maximum absolute atomic E-state index is 14.7. The van der Waals surface area contributed by atoms with Crippen LogP contribution < -0.4 is 4.74 Å². The van der Waals surface area contributed by atoms with Crippen LogP contribution in [0.25, 0.3) is 56.0 Å². The molecule has 1 saturated heterocycles. The maximum atomic E-state index is 14.7. The van der Waals surface area contributed by atoms with E-state index in [1.807, 2.05) is 18.2 Å². The zero-order valence-corrected chi connectivity index (χ0v) is 21.4. The summed E-state index contributed by atoms with van der Waals surface area (Å²) in [6.07, 6.45) is 8.78. The summed E-state index contributed by atoms with van der Waals surface area (Å²) in [4.78, 5) is 23.6. The second kappa shape index (κ2) is 10.0. The number of nitrogens with zero attached hydrogens (tertiary/aromatic N) is 6. The lowest BCUT2D eigenvalue weighted by Gasteiger charge is -2.15. The Bertz CT molecular complexity index is 1840. The van der Waals surface area contributed by atoms with Crippen molar-refractivity contribution in [2.24, 2.45) is 0 Å². The molecular weight excluding hydrogens is 511 g/mol. The zero-order chi connectivity index (χ0) is 27.1. The molecule has 1 fully saturated rings. The number of aromatic hydroxyl groups is 1. The van der Waals surface area contributed by atoms with Crippen LogP contribution in [0.1, 0.15) is 12.8 Å². The summed E-state index contributed by atoms with van der Waals surface area (Å²) in [5, 5.41) is 17.3. The highest BCUT2D eigenvalue weighted by Gasteiger charge is 2.18. The fourth-order valence-corrected chi connectivity index (χ4v) is 5.15. The maximum Gasteiger partial charge on any atom is 0.161 e. The van der Waals surface area contributed by atoms with Crippen LogP contribution in [0.15, 0.2) is 61.2 Å². The van der Waals surface area contributed by atoms with Crippen LogP contribution in [0.4, 0.5) is 4.39 Å². The Morgan fingerprint density at radius 1 is 0.900 bits per heavy atom.